The summed E-state index contributed by atoms with van der Waals surface area (Å²) in [7, 11) is 1.66. The molecule has 9 heteroatoms. The van der Waals surface area contributed by atoms with E-state index in [9.17, 15) is 18.8 Å². The summed E-state index contributed by atoms with van der Waals surface area (Å²) < 4.78 is 30.4. The molecular weight excluding hydrogens is 426 g/mol. The van der Waals surface area contributed by atoms with E-state index in [0.717, 1.165) is 12.1 Å². The molecule has 0 unspecified atom stereocenters. The minimum absolute atomic E-state index is 0.0539. The Bertz CT molecular complexity index is 1360. The van der Waals surface area contributed by atoms with Crippen LogP contribution in [0.25, 0.3) is 11.0 Å². The minimum Gasteiger partial charge on any atom is -0.364 e. The van der Waals surface area contributed by atoms with E-state index < -0.39 is 11.6 Å². The molecule has 0 aliphatic carbocycles. The fourth-order valence-electron chi connectivity index (χ4n) is 4.37. The molecule has 1 saturated heterocycles. The van der Waals surface area contributed by atoms with E-state index in [1.54, 1.807) is 25.2 Å². The van der Waals surface area contributed by atoms with Crippen LogP contribution >= 0.6 is 0 Å². The highest BCUT2D eigenvalue weighted by Crippen LogP contribution is 2.30. The average Bonchev–Trinajstić information content (AvgIpc) is 2.80. The summed E-state index contributed by atoms with van der Waals surface area (Å²) in [6.45, 7) is 4.99. The van der Waals surface area contributed by atoms with E-state index in [1.165, 1.54) is 10.6 Å². The second-order valence-electron chi connectivity index (χ2n) is 8.41. The summed E-state index contributed by atoms with van der Waals surface area (Å²) in [6.07, 6.45) is 0. The average molecular weight is 448 g/mol. The molecule has 3 heterocycles. The molecule has 1 fully saturated rings. The second kappa shape index (κ2) is 8.61. The molecule has 2 atom stereocenters. The summed E-state index contributed by atoms with van der Waals surface area (Å²) in [5.74, 6) is -1.47. The molecule has 7 nitrogen and oxygen atoms in total. The number of pyridine rings is 2. The van der Waals surface area contributed by atoms with Gasteiger partial charge in [-0.2, -0.15) is 10.5 Å². The number of aryl methyl sites for hydroxylation is 1. The zero-order chi connectivity index (χ0) is 23.9. The molecule has 1 aromatic carbocycles. The largest absolute Gasteiger partial charge is 0.364 e. The van der Waals surface area contributed by atoms with E-state index in [4.69, 9.17) is 5.26 Å². The summed E-state index contributed by atoms with van der Waals surface area (Å²) >= 11 is 0. The number of nitrogens with zero attached hydrogens (tertiary/aromatic N) is 6. The number of aromatic nitrogens is 2. The summed E-state index contributed by atoms with van der Waals surface area (Å²) in [5, 5.41) is 18.2. The predicted molar refractivity (Wildman–Crippen MR) is 119 cm³/mol. The highest BCUT2D eigenvalue weighted by molar-refractivity contribution is 5.89. The third-order valence-electron chi connectivity index (χ3n) is 6.24. The molecule has 0 spiro atoms. The van der Waals surface area contributed by atoms with Crippen molar-refractivity contribution in [2.75, 3.05) is 18.0 Å². The van der Waals surface area contributed by atoms with Crippen LogP contribution in [0.1, 0.15) is 30.7 Å². The number of halogens is 2. The van der Waals surface area contributed by atoms with E-state index in [2.05, 4.69) is 9.88 Å². The van der Waals surface area contributed by atoms with Crippen LogP contribution in [0.4, 0.5) is 14.5 Å². The van der Waals surface area contributed by atoms with Gasteiger partial charge in [0.1, 0.15) is 28.9 Å². The first-order valence-electron chi connectivity index (χ1n) is 10.5. The van der Waals surface area contributed by atoms with Crippen molar-refractivity contribution < 1.29 is 8.78 Å². The lowest BCUT2D eigenvalue weighted by molar-refractivity contribution is 0.154. The van der Waals surface area contributed by atoms with Crippen molar-refractivity contribution in [3.05, 3.63) is 69.1 Å². The third kappa shape index (κ3) is 4.04. The van der Waals surface area contributed by atoms with Gasteiger partial charge in [0.2, 0.25) is 0 Å². The smallest absolute Gasteiger partial charge is 0.252 e. The van der Waals surface area contributed by atoms with E-state index in [1.807, 2.05) is 24.8 Å². The number of hydrogen-bond acceptors (Lipinski definition) is 6. The van der Waals surface area contributed by atoms with Crippen molar-refractivity contribution >= 4 is 16.7 Å². The highest BCUT2D eigenvalue weighted by atomic mass is 19.1. The van der Waals surface area contributed by atoms with Gasteiger partial charge in [-0.3, -0.25) is 9.69 Å². The zero-order valence-corrected chi connectivity index (χ0v) is 18.5. The maximum Gasteiger partial charge on any atom is 0.252 e. The molecule has 0 saturated carbocycles. The molecule has 168 valence electrons. The van der Waals surface area contributed by atoms with Gasteiger partial charge in [-0.1, -0.05) is 0 Å². The van der Waals surface area contributed by atoms with Crippen molar-refractivity contribution in [1.82, 2.24) is 14.5 Å². The molecule has 0 amide bonds. The Morgan fingerprint density at radius 2 is 1.76 bits per heavy atom. The zero-order valence-electron chi connectivity index (χ0n) is 18.5. The van der Waals surface area contributed by atoms with E-state index in [0.29, 0.717) is 29.8 Å². The summed E-state index contributed by atoms with van der Waals surface area (Å²) in [6, 6.07) is 10.5. The lowest BCUT2D eigenvalue weighted by Gasteiger charge is -2.45. The number of piperazine rings is 1. The molecule has 33 heavy (non-hydrogen) atoms. The molecule has 0 N–H and O–H groups in total. The van der Waals surface area contributed by atoms with Crippen LogP contribution in [-0.4, -0.2) is 39.6 Å². The molecule has 1 aliphatic rings. The number of anilines is 1. The lowest BCUT2D eigenvalue weighted by Crippen LogP contribution is -2.56. The number of fused-ring (bicyclic) bond motifs is 1. The molecule has 0 bridgehead atoms. The Morgan fingerprint density at radius 1 is 1.06 bits per heavy atom. The Hall–Kier alpha value is -3.82. The van der Waals surface area contributed by atoms with Crippen molar-refractivity contribution in [2.45, 2.75) is 32.5 Å². The van der Waals surface area contributed by atoms with Crippen LogP contribution in [0.5, 0.6) is 0 Å². The highest BCUT2D eigenvalue weighted by Gasteiger charge is 2.32. The maximum absolute atomic E-state index is 14.4. The Labute approximate surface area is 189 Å². The van der Waals surface area contributed by atoms with Gasteiger partial charge in [0.25, 0.3) is 5.56 Å². The SMILES string of the molecule is C[C@@H]1CN(c2cc(=O)n(C)c3ccc(C#N)nc23)[C@@H](C)CN1Cc1c(F)cc(C#N)cc1F. The standard InChI is InChI=1S/C24H22F2N6O/c1-14-12-32(22-8-23(33)30(3)21-5-4-17(10-28)29-24(21)22)15(2)11-31(14)13-18-19(25)6-16(9-27)7-20(18)26/h4-8,14-15H,11-13H2,1-3H3/t14-,15+/m1/s1. The quantitative estimate of drug-likeness (QED) is 0.612. The Morgan fingerprint density at radius 3 is 2.39 bits per heavy atom. The Kier molecular flexibility index (Phi) is 5.84. The molecule has 2 aromatic heterocycles. The van der Waals surface area contributed by atoms with Crippen LogP contribution in [0.15, 0.2) is 35.1 Å². The van der Waals surface area contributed by atoms with Gasteiger partial charge in [-0.25, -0.2) is 13.8 Å². The number of hydrogen-bond donors (Lipinski definition) is 0. The lowest BCUT2D eigenvalue weighted by atomic mass is 10.0. The van der Waals surface area contributed by atoms with Crippen LogP contribution in [-0.2, 0) is 13.6 Å². The van der Waals surface area contributed by atoms with Crippen molar-refractivity contribution in [3.8, 4) is 12.1 Å². The molecule has 3 aromatic rings. The van der Waals surface area contributed by atoms with Crippen molar-refractivity contribution in [3.63, 3.8) is 0 Å². The third-order valence-corrected chi connectivity index (χ3v) is 6.24. The van der Waals surface area contributed by atoms with Crippen LogP contribution in [0.3, 0.4) is 0 Å². The second-order valence-corrected chi connectivity index (χ2v) is 8.41. The van der Waals surface area contributed by atoms with Crippen LogP contribution < -0.4 is 10.5 Å². The van der Waals surface area contributed by atoms with Gasteiger partial charge in [-0.15, -0.1) is 0 Å². The number of rotatable bonds is 3. The first-order valence-corrected chi connectivity index (χ1v) is 10.5. The predicted octanol–water partition coefficient (Wildman–Crippen LogP) is 3.05. The minimum atomic E-state index is -0.736. The fourth-order valence-corrected chi connectivity index (χ4v) is 4.37. The van der Waals surface area contributed by atoms with Gasteiger partial charge in [0.15, 0.2) is 0 Å². The van der Waals surface area contributed by atoms with Gasteiger partial charge in [0.05, 0.1) is 22.8 Å². The maximum atomic E-state index is 14.4. The van der Waals surface area contributed by atoms with Crippen LogP contribution in [0, 0.1) is 34.3 Å². The van der Waals surface area contributed by atoms with Gasteiger partial charge < -0.3 is 9.47 Å². The first-order chi connectivity index (χ1) is 15.7. The normalized spacial score (nSPS) is 18.8. The van der Waals surface area contributed by atoms with Gasteiger partial charge >= 0.3 is 0 Å². The van der Waals surface area contributed by atoms with E-state index >= 15 is 0 Å². The van der Waals surface area contributed by atoms with Crippen molar-refractivity contribution in [1.29, 1.82) is 10.5 Å². The van der Waals surface area contributed by atoms with Crippen LogP contribution in [0.2, 0.25) is 0 Å². The monoisotopic (exact) mass is 448 g/mol. The van der Waals surface area contributed by atoms with Gasteiger partial charge in [0, 0.05) is 50.4 Å². The summed E-state index contributed by atoms with van der Waals surface area (Å²) in [5.41, 5.74) is 1.78. The van der Waals surface area contributed by atoms with Crippen molar-refractivity contribution in [2.24, 2.45) is 7.05 Å². The number of nitriles is 2. The summed E-state index contributed by atoms with van der Waals surface area (Å²) in [4.78, 5) is 21.1. The molecule has 0 radical (unpaired) electrons. The first kappa shape index (κ1) is 22.4. The topological polar surface area (TPSA) is 88.9 Å². The molecular formula is C24H22F2N6O. The van der Waals surface area contributed by atoms with Gasteiger partial charge in [-0.05, 0) is 38.1 Å². The fraction of sp³-hybridized carbons (Fsp3) is 0.333. The molecule has 1 aliphatic heterocycles. The molecule has 4 rings (SSSR count). The van der Waals surface area contributed by atoms with E-state index in [-0.39, 0.29) is 41.0 Å². The Balaban J connectivity index is 1.67. The number of benzene rings is 1.